The standard InChI is InChI=1S/C19H19BrN2O2S/c20-15-3-4-16-14(12-15)7-10-22(16)18(23)13-5-8-21(9-6-13)19(24)17-2-1-11-25-17/h1-4,11-13H,5-10H2. The average Bonchev–Trinajstić information content (AvgIpc) is 3.30. The number of nitrogens with zero attached hydrogens (tertiary/aromatic N) is 2. The van der Waals surface area contributed by atoms with Crippen molar-refractivity contribution in [3.8, 4) is 0 Å². The molecule has 4 rings (SSSR count). The van der Waals surface area contributed by atoms with Crippen molar-refractivity contribution in [1.29, 1.82) is 0 Å². The van der Waals surface area contributed by atoms with E-state index in [1.807, 2.05) is 39.4 Å². The summed E-state index contributed by atoms with van der Waals surface area (Å²) in [7, 11) is 0. The Bertz CT molecular complexity index is 798. The summed E-state index contributed by atoms with van der Waals surface area (Å²) in [5.41, 5.74) is 2.28. The van der Waals surface area contributed by atoms with Gasteiger partial charge in [-0.1, -0.05) is 22.0 Å². The fourth-order valence-electron chi connectivity index (χ4n) is 3.71. The van der Waals surface area contributed by atoms with E-state index in [1.165, 1.54) is 16.9 Å². The highest BCUT2D eigenvalue weighted by Crippen LogP contribution is 2.33. The predicted octanol–water partition coefficient (Wildman–Crippen LogP) is 3.95. The number of piperidine rings is 1. The topological polar surface area (TPSA) is 40.6 Å². The molecule has 25 heavy (non-hydrogen) atoms. The Morgan fingerprint density at radius 3 is 2.64 bits per heavy atom. The molecule has 130 valence electrons. The van der Waals surface area contributed by atoms with Crippen molar-refractivity contribution in [2.24, 2.45) is 5.92 Å². The van der Waals surface area contributed by atoms with Gasteiger partial charge < -0.3 is 9.80 Å². The van der Waals surface area contributed by atoms with Crippen LogP contribution in [0.4, 0.5) is 5.69 Å². The van der Waals surface area contributed by atoms with Crippen molar-refractivity contribution in [2.75, 3.05) is 24.5 Å². The number of hydrogen-bond acceptors (Lipinski definition) is 3. The number of rotatable bonds is 2. The van der Waals surface area contributed by atoms with Crippen LogP contribution in [0.5, 0.6) is 0 Å². The van der Waals surface area contributed by atoms with Gasteiger partial charge in [0.1, 0.15) is 0 Å². The fourth-order valence-corrected chi connectivity index (χ4v) is 4.80. The van der Waals surface area contributed by atoms with E-state index in [0.717, 1.165) is 40.8 Å². The Hall–Kier alpha value is -1.66. The minimum atomic E-state index is 0.0157. The lowest BCUT2D eigenvalue weighted by atomic mass is 9.95. The van der Waals surface area contributed by atoms with Gasteiger partial charge in [-0.05, 0) is 54.5 Å². The van der Waals surface area contributed by atoms with Crippen LogP contribution < -0.4 is 4.90 Å². The van der Waals surface area contributed by atoms with Crippen LogP contribution in [-0.4, -0.2) is 36.3 Å². The van der Waals surface area contributed by atoms with E-state index in [1.54, 1.807) is 0 Å². The first kappa shape index (κ1) is 16.8. The van der Waals surface area contributed by atoms with Crippen molar-refractivity contribution in [2.45, 2.75) is 19.3 Å². The molecule has 4 nitrogen and oxygen atoms in total. The van der Waals surface area contributed by atoms with Gasteiger partial charge in [0.05, 0.1) is 4.88 Å². The van der Waals surface area contributed by atoms with Gasteiger partial charge >= 0.3 is 0 Å². The smallest absolute Gasteiger partial charge is 0.263 e. The van der Waals surface area contributed by atoms with Crippen LogP contribution >= 0.6 is 27.3 Å². The zero-order chi connectivity index (χ0) is 17.4. The van der Waals surface area contributed by atoms with Crippen LogP contribution in [0.2, 0.25) is 0 Å². The Morgan fingerprint density at radius 2 is 1.92 bits per heavy atom. The van der Waals surface area contributed by atoms with Gasteiger partial charge in [0.25, 0.3) is 5.91 Å². The molecule has 0 atom stereocenters. The zero-order valence-electron chi connectivity index (χ0n) is 13.8. The lowest BCUT2D eigenvalue weighted by Gasteiger charge is -2.33. The van der Waals surface area contributed by atoms with Crippen molar-refractivity contribution in [1.82, 2.24) is 4.90 Å². The van der Waals surface area contributed by atoms with Crippen LogP contribution in [0.1, 0.15) is 28.1 Å². The number of anilines is 1. The third kappa shape index (κ3) is 3.25. The maximum atomic E-state index is 13.0. The third-order valence-corrected chi connectivity index (χ3v) is 6.42. The monoisotopic (exact) mass is 418 g/mol. The van der Waals surface area contributed by atoms with Gasteiger partial charge in [-0.25, -0.2) is 0 Å². The maximum Gasteiger partial charge on any atom is 0.263 e. The molecular formula is C19H19BrN2O2S. The molecule has 2 aliphatic rings. The largest absolute Gasteiger partial charge is 0.338 e. The molecule has 0 unspecified atom stereocenters. The van der Waals surface area contributed by atoms with E-state index >= 15 is 0 Å². The number of carbonyl (C=O) groups excluding carboxylic acids is 2. The number of likely N-dealkylation sites (tertiary alicyclic amines) is 1. The highest BCUT2D eigenvalue weighted by molar-refractivity contribution is 9.10. The molecule has 2 aliphatic heterocycles. The Kier molecular flexibility index (Phi) is 4.65. The zero-order valence-corrected chi connectivity index (χ0v) is 16.2. The first-order valence-electron chi connectivity index (χ1n) is 8.56. The summed E-state index contributed by atoms with van der Waals surface area (Å²) >= 11 is 4.97. The molecule has 0 aliphatic carbocycles. The van der Waals surface area contributed by atoms with Gasteiger partial charge in [-0.15, -0.1) is 11.3 Å². The average molecular weight is 419 g/mol. The van der Waals surface area contributed by atoms with E-state index in [9.17, 15) is 9.59 Å². The van der Waals surface area contributed by atoms with Crippen molar-refractivity contribution in [3.05, 3.63) is 50.6 Å². The maximum absolute atomic E-state index is 13.0. The molecule has 6 heteroatoms. The van der Waals surface area contributed by atoms with Crippen LogP contribution in [0, 0.1) is 5.92 Å². The van der Waals surface area contributed by atoms with E-state index in [0.29, 0.717) is 13.1 Å². The summed E-state index contributed by atoms with van der Waals surface area (Å²) < 4.78 is 1.06. The summed E-state index contributed by atoms with van der Waals surface area (Å²) in [6.45, 7) is 2.08. The number of fused-ring (bicyclic) bond motifs is 1. The van der Waals surface area contributed by atoms with Gasteiger partial charge in [0.2, 0.25) is 5.91 Å². The highest BCUT2D eigenvalue weighted by Gasteiger charge is 2.33. The molecule has 0 radical (unpaired) electrons. The Balaban J connectivity index is 1.40. The van der Waals surface area contributed by atoms with Crippen LogP contribution in [0.25, 0.3) is 0 Å². The van der Waals surface area contributed by atoms with Crippen LogP contribution in [0.15, 0.2) is 40.2 Å². The third-order valence-electron chi connectivity index (χ3n) is 5.07. The van der Waals surface area contributed by atoms with Crippen molar-refractivity contribution < 1.29 is 9.59 Å². The molecule has 0 N–H and O–H groups in total. The molecule has 1 saturated heterocycles. The second-order valence-corrected chi connectivity index (χ2v) is 8.42. The number of amides is 2. The number of thiophene rings is 1. The summed E-state index contributed by atoms with van der Waals surface area (Å²) in [5.74, 6) is 0.323. The number of carbonyl (C=O) groups is 2. The Morgan fingerprint density at radius 1 is 1.12 bits per heavy atom. The summed E-state index contributed by atoms with van der Waals surface area (Å²) in [6, 6.07) is 9.89. The normalized spacial score (nSPS) is 17.6. The first-order chi connectivity index (χ1) is 12.1. The van der Waals surface area contributed by atoms with Crippen LogP contribution in [0.3, 0.4) is 0 Å². The van der Waals surface area contributed by atoms with E-state index in [-0.39, 0.29) is 17.7 Å². The molecule has 1 fully saturated rings. The molecule has 1 aromatic carbocycles. The quantitative estimate of drug-likeness (QED) is 0.740. The molecule has 3 heterocycles. The van der Waals surface area contributed by atoms with Crippen LogP contribution in [-0.2, 0) is 11.2 Å². The van der Waals surface area contributed by atoms with Crippen molar-refractivity contribution >= 4 is 44.8 Å². The van der Waals surface area contributed by atoms with Gasteiger partial charge in [-0.3, -0.25) is 9.59 Å². The lowest BCUT2D eigenvalue weighted by molar-refractivity contribution is -0.123. The lowest BCUT2D eigenvalue weighted by Crippen LogP contribution is -2.44. The number of hydrogen-bond donors (Lipinski definition) is 0. The van der Waals surface area contributed by atoms with E-state index in [4.69, 9.17) is 0 Å². The highest BCUT2D eigenvalue weighted by atomic mass is 79.9. The summed E-state index contributed by atoms with van der Waals surface area (Å²) in [5, 5.41) is 1.92. The molecule has 2 aromatic rings. The predicted molar refractivity (Wildman–Crippen MR) is 103 cm³/mol. The van der Waals surface area contributed by atoms with Gasteiger partial charge in [0.15, 0.2) is 0 Å². The number of benzene rings is 1. The summed E-state index contributed by atoms with van der Waals surface area (Å²) in [6.07, 6.45) is 2.41. The minimum absolute atomic E-state index is 0.0157. The molecule has 0 spiro atoms. The molecule has 0 saturated carbocycles. The van der Waals surface area contributed by atoms with E-state index in [2.05, 4.69) is 22.0 Å². The minimum Gasteiger partial charge on any atom is -0.338 e. The Labute approximate surface area is 159 Å². The molecular weight excluding hydrogens is 400 g/mol. The van der Waals surface area contributed by atoms with Crippen molar-refractivity contribution in [3.63, 3.8) is 0 Å². The summed E-state index contributed by atoms with van der Waals surface area (Å²) in [4.78, 5) is 30.0. The molecule has 2 amide bonds. The second kappa shape index (κ2) is 6.92. The molecule has 0 bridgehead atoms. The fraction of sp³-hybridized carbons (Fsp3) is 0.368. The second-order valence-electron chi connectivity index (χ2n) is 6.56. The SMILES string of the molecule is O=C(c1cccs1)N1CCC(C(=O)N2CCc3cc(Br)ccc32)CC1. The first-order valence-corrected chi connectivity index (χ1v) is 10.2. The number of halogens is 1. The van der Waals surface area contributed by atoms with E-state index < -0.39 is 0 Å². The molecule has 1 aromatic heterocycles. The van der Waals surface area contributed by atoms with Gasteiger partial charge in [0, 0.05) is 35.7 Å². The van der Waals surface area contributed by atoms with Gasteiger partial charge in [-0.2, -0.15) is 0 Å².